The quantitative estimate of drug-likeness (QED) is 0.603. The second kappa shape index (κ2) is 6.24. The van der Waals surface area contributed by atoms with Gasteiger partial charge in [-0.05, 0) is 25.0 Å². The summed E-state index contributed by atoms with van der Waals surface area (Å²) in [6.45, 7) is 5.62. The Kier molecular flexibility index (Phi) is 4.40. The van der Waals surface area contributed by atoms with Gasteiger partial charge in [0.05, 0.1) is 5.92 Å². The van der Waals surface area contributed by atoms with Crippen molar-refractivity contribution in [1.29, 1.82) is 0 Å². The molecule has 0 N–H and O–H groups in total. The van der Waals surface area contributed by atoms with Crippen LogP contribution in [-0.4, -0.2) is 25.7 Å². The van der Waals surface area contributed by atoms with Crippen LogP contribution in [-0.2, 0) is 9.53 Å². The van der Waals surface area contributed by atoms with E-state index in [0.29, 0.717) is 6.61 Å². The summed E-state index contributed by atoms with van der Waals surface area (Å²) in [5.41, 5.74) is 1.18. The molecule has 1 aliphatic heterocycles. The average molecular weight is 245 g/mol. The van der Waals surface area contributed by atoms with Crippen molar-refractivity contribution in [2.45, 2.75) is 12.8 Å². The number of benzene rings is 1. The number of carbonyl (C=O) groups excluding carboxylic acids is 1. The molecule has 0 aliphatic carbocycles. The molecule has 0 amide bonds. The minimum atomic E-state index is -0.101. The highest BCUT2D eigenvalue weighted by molar-refractivity contribution is 5.73. The maximum Gasteiger partial charge on any atom is 0.311 e. The van der Waals surface area contributed by atoms with Crippen molar-refractivity contribution < 1.29 is 9.53 Å². The first kappa shape index (κ1) is 12.7. The summed E-state index contributed by atoms with van der Waals surface area (Å²) in [4.78, 5) is 14.1. The lowest BCUT2D eigenvalue weighted by Gasteiger charge is -2.33. The Labute approximate surface area is 108 Å². The Bertz CT molecular complexity index is 402. The SMILES string of the molecule is C=CCOC(=O)C1CCCN(c2ccccc2)C1. The van der Waals surface area contributed by atoms with Crippen molar-refractivity contribution >= 4 is 11.7 Å². The van der Waals surface area contributed by atoms with Gasteiger partial charge < -0.3 is 9.64 Å². The van der Waals surface area contributed by atoms with Crippen molar-refractivity contribution in [1.82, 2.24) is 0 Å². The highest BCUT2D eigenvalue weighted by atomic mass is 16.5. The zero-order chi connectivity index (χ0) is 12.8. The highest BCUT2D eigenvalue weighted by Crippen LogP contribution is 2.23. The van der Waals surface area contributed by atoms with Gasteiger partial charge in [-0.25, -0.2) is 0 Å². The fourth-order valence-electron chi connectivity index (χ4n) is 2.30. The zero-order valence-corrected chi connectivity index (χ0v) is 10.5. The van der Waals surface area contributed by atoms with Crippen molar-refractivity contribution in [2.24, 2.45) is 5.92 Å². The number of piperidine rings is 1. The molecule has 1 fully saturated rings. The number of ether oxygens (including phenoxy) is 1. The molecule has 1 heterocycles. The second-order valence-electron chi connectivity index (χ2n) is 4.54. The number of anilines is 1. The van der Waals surface area contributed by atoms with Crippen molar-refractivity contribution in [3.63, 3.8) is 0 Å². The molecule has 1 atom stereocenters. The van der Waals surface area contributed by atoms with Crippen LogP contribution in [0.1, 0.15) is 12.8 Å². The smallest absolute Gasteiger partial charge is 0.311 e. The van der Waals surface area contributed by atoms with E-state index >= 15 is 0 Å². The highest BCUT2D eigenvalue weighted by Gasteiger charge is 2.26. The molecule has 1 unspecified atom stereocenters. The Morgan fingerprint density at radius 2 is 2.22 bits per heavy atom. The summed E-state index contributed by atoms with van der Waals surface area (Å²) in [6, 6.07) is 10.2. The molecular formula is C15H19NO2. The van der Waals surface area contributed by atoms with Gasteiger partial charge in [0.2, 0.25) is 0 Å². The number of carbonyl (C=O) groups is 1. The lowest BCUT2D eigenvalue weighted by Crippen LogP contribution is -2.39. The normalized spacial score (nSPS) is 19.3. The Hall–Kier alpha value is -1.77. The zero-order valence-electron chi connectivity index (χ0n) is 10.5. The third-order valence-electron chi connectivity index (χ3n) is 3.22. The molecule has 3 nitrogen and oxygen atoms in total. The third-order valence-corrected chi connectivity index (χ3v) is 3.22. The largest absolute Gasteiger partial charge is 0.461 e. The van der Waals surface area contributed by atoms with Gasteiger partial charge in [0.25, 0.3) is 0 Å². The van der Waals surface area contributed by atoms with Crippen molar-refractivity contribution in [2.75, 3.05) is 24.6 Å². The number of nitrogens with zero attached hydrogens (tertiary/aromatic N) is 1. The fourth-order valence-corrected chi connectivity index (χ4v) is 2.30. The number of hydrogen-bond donors (Lipinski definition) is 0. The Morgan fingerprint density at radius 1 is 1.44 bits per heavy atom. The first-order valence-corrected chi connectivity index (χ1v) is 6.39. The average Bonchev–Trinajstić information content (AvgIpc) is 2.46. The summed E-state index contributed by atoms with van der Waals surface area (Å²) >= 11 is 0. The van der Waals surface area contributed by atoms with Crippen LogP contribution in [0.4, 0.5) is 5.69 Å². The van der Waals surface area contributed by atoms with Crippen LogP contribution in [0.5, 0.6) is 0 Å². The molecule has 2 rings (SSSR count). The standard InChI is InChI=1S/C15H19NO2/c1-2-11-18-15(17)13-7-6-10-16(12-13)14-8-4-3-5-9-14/h2-5,8-9,13H,1,6-7,10-12H2. The van der Waals surface area contributed by atoms with Gasteiger partial charge in [-0.1, -0.05) is 30.9 Å². The lowest BCUT2D eigenvalue weighted by molar-refractivity contribution is -0.147. The molecule has 0 radical (unpaired) electrons. The number of hydrogen-bond acceptors (Lipinski definition) is 3. The molecule has 0 aromatic heterocycles. The van der Waals surface area contributed by atoms with E-state index in [1.807, 2.05) is 18.2 Å². The van der Waals surface area contributed by atoms with Gasteiger partial charge in [0.15, 0.2) is 0 Å². The Morgan fingerprint density at radius 3 is 2.94 bits per heavy atom. The van der Waals surface area contributed by atoms with E-state index in [1.165, 1.54) is 5.69 Å². The summed E-state index contributed by atoms with van der Waals surface area (Å²) in [5, 5.41) is 0. The third kappa shape index (κ3) is 3.13. The summed E-state index contributed by atoms with van der Waals surface area (Å²) in [6.07, 6.45) is 3.55. The maximum absolute atomic E-state index is 11.8. The first-order valence-electron chi connectivity index (χ1n) is 6.39. The van der Waals surface area contributed by atoms with Gasteiger partial charge >= 0.3 is 5.97 Å². The van der Waals surface area contributed by atoms with Crippen LogP contribution in [0.25, 0.3) is 0 Å². The monoisotopic (exact) mass is 245 g/mol. The van der Waals surface area contributed by atoms with Crippen LogP contribution in [0, 0.1) is 5.92 Å². The first-order chi connectivity index (χ1) is 8.81. The lowest BCUT2D eigenvalue weighted by atomic mass is 9.97. The molecule has 18 heavy (non-hydrogen) atoms. The Balaban J connectivity index is 1.96. The fraction of sp³-hybridized carbons (Fsp3) is 0.400. The van der Waals surface area contributed by atoms with Crippen LogP contribution < -0.4 is 4.90 Å². The summed E-state index contributed by atoms with van der Waals surface area (Å²) < 4.78 is 5.13. The molecule has 1 aromatic carbocycles. The predicted octanol–water partition coefficient (Wildman–Crippen LogP) is 2.63. The minimum Gasteiger partial charge on any atom is -0.461 e. The van der Waals surface area contributed by atoms with E-state index in [9.17, 15) is 4.79 Å². The number of rotatable bonds is 4. The summed E-state index contributed by atoms with van der Waals surface area (Å²) in [7, 11) is 0. The van der Waals surface area contributed by atoms with Gasteiger partial charge in [-0.15, -0.1) is 0 Å². The van der Waals surface area contributed by atoms with Gasteiger partial charge in [-0.3, -0.25) is 4.79 Å². The molecule has 1 saturated heterocycles. The molecule has 0 spiro atoms. The van der Waals surface area contributed by atoms with E-state index in [2.05, 4.69) is 23.6 Å². The molecule has 0 saturated carbocycles. The summed E-state index contributed by atoms with van der Waals surface area (Å²) in [5.74, 6) is -0.116. The number of para-hydroxylation sites is 1. The van der Waals surface area contributed by atoms with Gasteiger partial charge in [-0.2, -0.15) is 0 Å². The van der Waals surface area contributed by atoms with Crippen LogP contribution in [0.3, 0.4) is 0 Å². The van der Waals surface area contributed by atoms with Gasteiger partial charge in [0.1, 0.15) is 6.61 Å². The van der Waals surface area contributed by atoms with Crippen LogP contribution in [0.2, 0.25) is 0 Å². The van der Waals surface area contributed by atoms with E-state index in [1.54, 1.807) is 6.08 Å². The van der Waals surface area contributed by atoms with E-state index in [0.717, 1.165) is 25.9 Å². The van der Waals surface area contributed by atoms with E-state index in [4.69, 9.17) is 4.74 Å². The van der Waals surface area contributed by atoms with E-state index < -0.39 is 0 Å². The minimum absolute atomic E-state index is 0.0149. The molecule has 3 heteroatoms. The second-order valence-corrected chi connectivity index (χ2v) is 4.54. The van der Waals surface area contributed by atoms with Crippen molar-refractivity contribution in [3.05, 3.63) is 43.0 Å². The number of esters is 1. The molecular weight excluding hydrogens is 226 g/mol. The van der Waals surface area contributed by atoms with Crippen molar-refractivity contribution in [3.8, 4) is 0 Å². The van der Waals surface area contributed by atoms with Crippen LogP contribution >= 0.6 is 0 Å². The van der Waals surface area contributed by atoms with Crippen LogP contribution in [0.15, 0.2) is 43.0 Å². The van der Waals surface area contributed by atoms with Gasteiger partial charge in [0, 0.05) is 18.8 Å². The molecule has 1 aromatic rings. The maximum atomic E-state index is 11.8. The topological polar surface area (TPSA) is 29.5 Å². The molecule has 96 valence electrons. The van der Waals surface area contributed by atoms with E-state index in [-0.39, 0.29) is 11.9 Å². The molecule has 1 aliphatic rings. The molecule has 0 bridgehead atoms. The predicted molar refractivity (Wildman–Crippen MR) is 72.5 cm³/mol.